The van der Waals surface area contributed by atoms with Gasteiger partial charge in [-0.05, 0) is 43.5 Å². The molecule has 1 aromatic rings. The van der Waals surface area contributed by atoms with Crippen molar-refractivity contribution < 1.29 is 14.6 Å². The summed E-state index contributed by atoms with van der Waals surface area (Å²) in [5, 5.41) is 12.6. The van der Waals surface area contributed by atoms with Crippen molar-refractivity contribution in [3.63, 3.8) is 0 Å². The van der Waals surface area contributed by atoms with Crippen LogP contribution in [0.1, 0.15) is 24.8 Å². The van der Waals surface area contributed by atoms with Crippen molar-refractivity contribution in [2.45, 2.75) is 24.8 Å². The number of piperidine rings is 1. The summed E-state index contributed by atoms with van der Waals surface area (Å²) >= 11 is 0. The lowest BCUT2D eigenvalue weighted by atomic mass is 9.82. The minimum absolute atomic E-state index is 0.621. The monoisotopic (exact) mass is 235 g/mol. The molecule has 2 N–H and O–H groups in total. The van der Waals surface area contributed by atoms with Crippen LogP contribution in [0.15, 0.2) is 24.3 Å². The first-order chi connectivity index (χ1) is 8.19. The molecule has 2 rings (SSSR count). The second kappa shape index (κ2) is 4.75. The number of carboxylic acids is 1. The topological polar surface area (TPSA) is 58.6 Å². The molecule has 17 heavy (non-hydrogen) atoms. The average Bonchev–Trinajstić information content (AvgIpc) is 2.39. The van der Waals surface area contributed by atoms with Crippen molar-refractivity contribution in [1.82, 2.24) is 5.32 Å². The zero-order valence-electron chi connectivity index (χ0n) is 9.90. The lowest BCUT2D eigenvalue weighted by Gasteiger charge is -2.35. The zero-order valence-corrected chi connectivity index (χ0v) is 9.90. The highest BCUT2D eigenvalue weighted by Gasteiger charge is 2.41. The van der Waals surface area contributed by atoms with Gasteiger partial charge in [0.25, 0.3) is 0 Å². The molecule has 0 aliphatic carbocycles. The summed E-state index contributed by atoms with van der Waals surface area (Å²) in [6.07, 6.45) is 2.57. The Kier molecular flexibility index (Phi) is 3.33. The summed E-state index contributed by atoms with van der Waals surface area (Å²) in [4.78, 5) is 11.6. The molecule has 4 heteroatoms. The summed E-state index contributed by atoms with van der Waals surface area (Å²) in [5.74, 6) is -0.124. The fourth-order valence-corrected chi connectivity index (χ4v) is 2.35. The molecule has 92 valence electrons. The number of methoxy groups -OCH3 is 1. The predicted molar refractivity (Wildman–Crippen MR) is 64.2 cm³/mol. The van der Waals surface area contributed by atoms with Crippen LogP contribution in [0, 0.1) is 0 Å². The van der Waals surface area contributed by atoms with E-state index in [0.29, 0.717) is 12.2 Å². The summed E-state index contributed by atoms with van der Waals surface area (Å²) in [7, 11) is 1.58. The summed E-state index contributed by atoms with van der Waals surface area (Å²) in [6, 6.07) is 7.29. The third-order valence-electron chi connectivity index (χ3n) is 3.33. The van der Waals surface area contributed by atoms with Gasteiger partial charge in [0.1, 0.15) is 11.3 Å². The van der Waals surface area contributed by atoms with Gasteiger partial charge in [0.15, 0.2) is 0 Å². The third-order valence-corrected chi connectivity index (χ3v) is 3.33. The van der Waals surface area contributed by atoms with Gasteiger partial charge in [-0.2, -0.15) is 0 Å². The number of rotatable bonds is 3. The Bertz CT molecular complexity index is 411. The van der Waals surface area contributed by atoms with Crippen molar-refractivity contribution in [1.29, 1.82) is 0 Å². The molecule has 1 atom stereocenters. The number of aliphatic carboxylic acids is 1. The van der Waals surface area contributed by atoms with Crippen LogP contribution in [-0.4, -0.2) is 24.7 Å². The van der Waals surface area contributed by atoms with Gasteiger partial charge in [0.05, 0.1) is 7.11 Å². The largest absolute Gasteiger partial charge is 0.497 e. The first-order valence-electron chi connectivity index (χ1n) is 5.82. The smallest absolute Gasteiger partial charge is 0.328 e. The van der Waals surface area contributed by atoms with Crippen molar-refractivity contribution in [3.05, 3.63) is 29.8 Å². The molecule has 0 bridgehead atoms. The Morgan fingerprint density at radius 1 is 1.47 bits per heavy atom. The van der Waals surface area contributed by atoms with Crippen LogP contribution in [0.5, 0.6) is 5.75 Å². The lowest BCUT2D eigenvalue weighted by Crippen LogP contribution is -2.51. The van der Waals surface area contributed by atoms with Gasteiger partial charge in [-0.25, -0.2) is 4.79 Å². The zero-order chi connectivity index (χ0) is 12.3. The molecule has 1 fully saturated rings. The molecule has 1 aromatic carbocycles. The highest BCUT2D eigenvalue weighted by Crippen LogP contribution is 2.32. The Hall–Kier alpha value is -1.55. The maximum Gasteiger partial charge on any atom is 0.328 e. The van der Waals surface area contributed by atoms with E-state index in [4.69, 9.17) is 4.74 Å². The van der Waals surface area contributed by atoms with Crippen molar-refractivity contribution >= 4 is 5.97 Å². The maximum absolute atomic E-state index is 11.6. The number of carbonyl (C=O) groups is 1. The molecular weight excluding hydrogens is 218 g/mol. The van der Waals surface area contributed by atoms with E-state index in [1.165, 1.54) is 0 Å². The van der Waals surface area contributed by atoms with Crippen molar-refractivity contribution in [3.8, 4) is 5.75 Å². The first kappa shape index (κ1) is 11.9. The van der Waals surface area contributed by atoms with Crippen LogP contribution >= 0.6 is 0 Å². The number of carboxylic acid groups (broad SMARTS) is 1. The quantitative estimate of drug-likeness (QED) is 0.838. The number of hydrogen-bond acceptors (Lipinski definition) is 3. The molecule has 0 radical (unpaired) electrons. The molecule has 0 aromatic heterocycles. The Morgan fingerprint density at radius 2 is 2.29 bits per heavy atom. The molecule has 1 unspecified atom stereocenters. The van der Waals surface area contributed by atoms with E-state index in [2.05, 4.69) is 5.32 Å². The highest BCUT2D eigenvalue weighted by molar-refractivity contribution is 5.81. The predicted octanol–water partition coefficient (Wildman–Crippen LogP) is 1.75. The fourth-order valence-electron chi connectivity index (χ4n) is 2.35. The van der Waals surface area contributed by atoms with E-state index in [9.17, 15) is 9.90 Å². The molecule has 1 aliphatic rings. The van der Waals surface area contributed by atoms with Gasteiger partial charge in [-0.1, -0.05) is 12.1 Å². The van der Waals surface area contributed by atoms with Gasteiger partial charge in [0.2, 0.25) is 0 Å². The SMILES string of the molecule is COc1cccc(C2(C(=O)O)CCCCN2)c1. The van der Waals surface area contributed by atoms with E-state index in [-0.39, 0.29) is 0 Å². The number of ether oxygens (including phenoxy) is 1. The molecule has 1 heterocycles. The van der Waals surface area contributed by atoms with Crippen LogP contribution < -0.4 is 10.1 Å². The second-order valence-corrected chi connectivity index (χ2v) is 4.33. The van der Waals surface area contributed by atoms with Crippen molar-refractivity contribution in [2.75, 3.05) is 13.7 Å². The molecule has 1 aliphatic heterocycles. The summed E-state index contributed by atoms with van der Waals surface area (Å²) < 4.78 is 5.15. The molecule has 0 spiro atoms. The Balaban J connectivity index is 2.41. The standard InChI is InChI=1S/C13H17NO3/c1-17-11-6-4-5-10(9-11)13(12(15)16)7-2-3-8-14-13/h4-6,9,14H,2-3,7-8H2,1H3,(H,15,16). The van der Waals surface area contributed by atoms with Crippen LogP contribution in [0.3, 0.4) is 0 Å². The number of hydrogen-bond donors (Lipinski definition) is 2. The van der Waals surface area contributed by atoms with Gasteiger partial charge in [0, 0.05) is 0 Å². The van der Waals surface area contributed by atoms with Gasteiger partial charge in [-0.3, -0.25) is 5.32 Å². The fraction of sp³-hybridized carbons (Fsp3) is 0.462. The van der Waals surface area contributed by atoms with Gasteiger partial charge < -0.3 is 9.84 Å². The molecule has 0 amide bonds. The van der Waals surface area contributed by atoms with E-state index in [0.717, 1.165) is 24.9 Å². The molecule has 1 saturated heterocycles. The second-order valence-electron chi connectivity index (χ2n) is 4.33. The Morgan fingerprint density at radius 3 is 2.88 bits per heavy atom. The summed E-state index contributed by atoms with van der Waals surface area (Å²) in [6.45, 7) is 0.740. The molecule has 0 saturated carbocycles. The van der Waals surface area contributed by atoms with Crippen LogP contribution in [0.4, 0.5) is 0 Å². The minimum atomic E-state index is -0.952. The average molecular weight is 235 g/mol. The van der Waals surface area contributed by atoms with Crippen LogP contribution in [0.2, 0.25) is 0 Å². The van der Waals surface area contributed by atoms with Crippen LogP contribution in [-0.2, 0) is 10.3 Å². The molecule has 4 nitrogen and oxygen atoms in total. The molecular formula is C13H17NO3. The normalized spacial score (nSPS) is 24.3. The van der Waals surface area contributed by atoms with Crippen molar-refractivity contribution in [2.24, 2.45) is 0 Å². The summed E-state index contributed by atoms with van der Waals surface area (Å²) in [5.41, 5.74) is -0.184. The maximum atomic E-state index is 11.6. The Labute approximate surface area is 101 Å². The van der Waals surface area contributed by atoms with Gasteiger partial charge in [-0.15, -0.1) is 0 Å². The number of benzene rings is 1. The van der Waals surface area contributed by atoms with E-state index >= 15 is 0 Å². The first-order valence-corrected chi connectivity index (χ1v) is 5.82. The van der Waals surface area contributed by atoms with Gasteiger partial charge >= 0.3 is 5.97 Å². The van der Waals surface area contributed by atoms with E-state index in [1.54, 1.807) is 13.2 Å². The van der Waals surface area contributed by atoms with Crippen LogP contribution in [0.25, 0.3) is 0 Å². The highest BCUT2D eigenvalue weighted by atomic mass is 16.5. The number of nitrogens with one attached hydrogen (secondary N) is 1. The lowest BCUT2D eigenvalue weighted by molar-refractivity contribution is -0.146. The van der Waals surface area contributed by atoms with E-state index < -0.39 is 11.5 Å². The minimum Gasteiger partial charge on any atom is -0.497 e. The third kappa shape index (κ3) is 2.13. The van der Waals surface area contributed by atoms with E-state index in [1.807, 2.05) is 18.2 Å².